The largest absolute Gasteiger partial charge is 0.465 e. The lowest BCUT2D eigenvalue weighted by molar-refractivity contribution is -0.146. The second kappa shape index (κ2) is 11.2. The van der Waals surface area contributed by atoms with Gasteiger partial charge < -0.3 is 19.7 Å². The minimum absolute atomic E-state index is 0.149. The van der Waals surface area contributed by atoms with Gasteiger partial charge >= 0.3 is 5.97 Å². The van der Waals surface area contributed by atoms with Gasteiger partial charge in [0.1, 0.15) is 6.04 Å². The molecule has 0 aliphatic heterocycles. The van der Waals surface area contributed by atoms with E-state index in [1.807, 2.05) is 14.0 Å². The van der Waals surface area contributed by atoms with Crippen LogP contribution in [0.3, 0.4) is 0 Å². The Morgan fingerprint density at radius 2 is 2.05 bits per heavy atom. The zero-order valence-corrected chi connectivity index (χ0v) is 13.1. The Bertz CT molecular complexity index is 237. The summed E-state index contributed by atoms with van der Waals surface area (Å²) < 4.78 is 10.2. The van der Waals surface area contributed by atoms with Crippen molar-refractivity contribution in [2.75, 3.05) is 40.5 Å². The van der Waals surface area contributed by atoms with Crippen LogP contribution in [0.2, 0.25) is 0 Å². The van der Waals surface area contributed by atoms with Crippen LogP contribution in [0.15, 0.2) is 0 Å². The fourth-order valence-corrected chi connectivity index (χ4v) is 1.79. The molecule has 2 unspecified atom stereocenters. The zero-order chi connectivity index (χ0) is 14.7. The fraction of sp³-hybridized carbons (Fsp3) is 0.929. The molecule has 19 heavy (non-hydrogen) atoms. The molecule has 0 saturated carbocycles. The van der Waals surface area contributed by atoms with E-state index < -0.39 is 0 Å². The quantitative estimate of drug-likeness (QED) is 0.575. The van der Waals surface area contributed by atoms with Gasteiger partial charge in [-0.2, -0.15) is 0 Å². The SMILES string of the molecule is CCCNC(CCN(C)C(C)COC)C(=O)OCC. The smallest absolute Gasteiger partial charge is 0.323 e. The molecule has 5 nitrogen and oxygen atoms in total. The van der Waals surface area contributed by atoms with Crippen LogP contribution in [-0.4, -0.2) is 63.4 Å². The summed E-state index contributed by atoms with van der Waals surface area (Å²) in [5.74, 6) is -0.149. The summed E-state index contributed by atoms with van der Waals surface area (Å²) >= 11 is 0. The van der Waals surface area contributed by atoms with Crippen LogP contribution in [0.4, 0.5) is 0 Å². The number of hydrogen-bond acceptors (Lipinski definition) is 5. The molecule has 1 N–H and O–H groups in total. The van der Waals surface area contributed by atoms with Crippen LogP contribution in [0.1, 0.15) is 33.6 Å². The summed E-state index contributed by atoms with van der Waals surface area (Å²) in [6.07, 6.45) is 1.76. The van der Waals surface area contributed by atoms with E-state index in [2.05, 4.69) is 24.1 Å². The Morgan fingerprint density at radius 3 is 2.58 bits per heavy atom. The van der Waals surface area contributed by atoms with E-state index in [1.165, 1.54) is 0 Å². The van der Waals surface area contributed by atoms with E-state index in [9.17, 15) is 4.79 Å². The van der Waals surface area contributed by atoms with Gasteiger partial charge in [-0.25, -0.2) is 0 Å². The molecule has 0 aliphatic rings. The molecular formula is C14H30N2O3. The molecule has 0 bridgehead atoms. The van der Waals surface area contributed by atoms with E-state index in [1.54, 1.807) is 7.11 Å². The summed E-state index contributed by atoms with van der Waals surface area (Å²) in [5, 5.41) is 3.25. The molecule has 5 heteroatoms. The molecular weight excluding hydrogens is 244 g/mol. The molecule has 0 saturated heterocycles. The van der Waals surface area contributed by atoms with Crippen molar-refractivity contribution >= 4 is 5.97 Å². The van der Waals surface area contributed by atoms with Crippen LogP contribution in [-0.2, 0) is 14.3 Å². The van der Waals surface area contributed by atoms with Gasteiger partial charge in [0.05, 0.1) is 13.2 Å². The van der Waals surface area contributed by atoms with Gasteiger partial charge in [-0.3, -0.25) is 4.79 Å². The minimum atomic E-state index is -0.211. The van der Waals surface area contributed by atoms with Crippen molar-refractivity contribution in [3.8, 4) is 0 Å². The number of carbonyl (C=O) groups is 1. The maximum Gasteiger partial charge on any atom is 0.323 e. The number of rotatable bonds is 11. The number of esters is 1. The standard InChI is InChI=1S/C14H30N2O3/c1-6-9-15-13(14(17)19-7-2)8-10-16(4)12(3)11-18-5/h12-13,15H,6-11H2,1-5H3. The molecule has 0 aromatic rings. The van der Waals surface area contributed by atoms with Crippen LogP contribution in [0, 0.1) is 0 Å². The first-order valence-corrected chi connectivity index (χ1v) is 7.15. The lowest BCUT2D eigenvalue weighted by Gasteiger charge is -2.26. The number of ether oxygens (including phenoxy) is 2. The van der Waals surface area contributed by atoms with E-state index >= 15 is 0 Å². The Kier molecular flexibility index (Phi) is 10.8. The molecule has 0 aromatic carbocycles. The van der Waals surface area contributed by atoms with Gasteiger partial charge in [0.2, 0.25) is 0 Å². The Hall–Kier alpha value is -0.650. The maximum absolute atomic E-state index is 11.8. The van der Waals surface area contributed by atoms with Gasteiger partial charge in [-0.15, -0.1) is 0 Å². The molecule has 0 radical (unpaired) electrons. The number of hydrogen-bond donors (Lipinski definition) is 1. The van der Waals surface area contributed by atoms with E-state index in [-0.39, 0.29) is 12.0 Å². The number of carbonyl (C=O) groups excluding carboxylic acids is 1. The topological polar surface area (TPSA) is 50.8 Å². The van der Waals surface area contributed by atoms with E-state index in [4.69, 9.17) is 9.47 Å². The number of nitrogens with one attached hydrogen (secondary N) is 1. The normalized spacial score (nSPS) is 14.4. The Balaban J connectivity index is 4.19. The summed E-state index contributed by atoms with van der Waals surface area (Å²) in [7, 11) is 3.75. The molecule has 0 amide bonds. The molecule has 0 heterocycles. The maximum atomic E-state index is 11.8. The van der Waals surface area contributed by atoms with Crippen LogP contribution in [0.5, 0.6) is 0 Å². The predicted octanol–water partition coefficient (Wildman–Crippen LogP) is 1.27. The predicted molar refractivity (Wildman–Crippen MR) is 77.3 cm³/mol. The summed E-state index contributed by atoms with van der Waals surface area (Å²) in [5.41, 5.74) is 0. The fourth-order valence-electron chi connectivity index (χ4n) is 1.79. The molecule has 114 valence electrons. The molecule has 0 rings (SSSR count). The Morgan fingerprint density at radius 1 is 1.37 bits per heavy atom. The van der Waals surface area contributed by atoms with Crippen LogP contribution in [0.25, 0.3) is 0 Å². The van der Waals surface area contributed by atoms with Crippen molar-refractivity contribution in [2.24, 2.45) is 0 Å². The summed E-state index contributed by atoms with van der Waals surface area (Å²) in [6.45, 7) is 8.83. The summed E-state index contributed by atoms with van der Waals surface area (Å²) in [4.78, 5) is 14.0. The molecule has 0 spiro atoms. The van der Waals surface area contributed by atoms with Gasteiger partial charge in [0.15, 0.2) is 0 Å². The van der Waals surface area contributed by atoms with Gasteiger partial charge in [-0.1, -0.05) is 6.92 Å². The van der Waals surface area contributed by atoms with Gasteiger partial charge in [0.25, 0.3) is 0 Å². The van der Waals surface area contributed by atoms with Gasteiger partial charge in [-0.05, 0) is 40.3 Å². The summed E-state index contributed by atoms with van der Waals surface area (Å²) in [6, 6.07) is 0.135. The van der Waals surface area contributed by atoms with Crippen molar-refractivity contribution in [3.63, 3.8) is 0 Å². The van der Waals surface area contributed by atoms with Crippen LogP contribution >= 0.6 is 0 Å². The van der Waals surface area contributed by atoms with Crippen molar-refractivity contribution in [1.82, 2.24) is 10.2 Å². The highest BCUT2D eigenvalue weighted by Gasteiger charge is 2.20. The third kappa shape index (κ3) is 8.18. The lowest BCUT2D eigenvalue weighted by atomic mass is 10.1. The van der Waals surface area contributed by atoms with Crippen LogP contribution < -0.4 is 5.32 Å². The average molecular weight is 274 g/mol. The molecule has 0 aliphatic carbocycles. The van der Waals surface area contributed by atoms with Crippen molar-refractivity contribution < 1.29 is 14.3 Å². The van der Waals surface area contributed by atoms with E-state index in [0.29, 0.717) is 19.3 Å². The van der Waals surface area contributed by atoms with Crippen molar-refractivity contribution in [1.29, 1.82) is 0 Å². The Labute approximate surface area is 117 Å². The van der Waals surface area contributed by atoms with Crippen molar-refractivity contribution in [2.45, 2.75) is 45.7 Å². The number of nitrogens with zero attached hydrogens (tertiary/aromatic N) is 1. The lowest BCUT2D eigenvalue weighted by Crippen LogP contribution is -2.42. The van der Waals surface area contributed by atoms with Crippen molar-refractivity contribution in [3.05, 3.63) is 0 Å². The molecule has 0 aromatic heterocycles. The minimum Gasteiger partial charge on any atom is -0.465 e. The zero-order valence-electron chi connectivity index (χ0n) is 13.1. The third-order valence-corrected chi connectivity index (χ3v) is 3.14. The number of methoxy groups -OCH3 is 1. The highest BCUT2D eigenvalue weighted by Crippen LogP contribution is 2.02. The second-order valence-corrected chi connectivity index (χ2v) is 4.83. The first-order valence-electron chi connectivity index (χ1n) is 7.15. The molecule has 0 fully saturated rings. The first-order chi connectivity index (χ1) is 9.06. The van der Waals surface area contributed by atoms with Gasteiger partial charge in [0, 0.05) is 19.7 Å². The monoisotopic (exact) mass is 274 g/mol. The number of likely N-dealkylation sites (N-methyl/N-ethyl adjacent to an activating group) is 1. The third-order valence-electron chi connectivity index (χ3n) is 3.14. The van der Waals surface area contributed by atoms with E-state index in [0.717, 1.165) is 25.9 Å². The highest BCUT2D eigenvalue weighted by atomic mass is 16.5. The molecule has 2 atom stereocenters. The second-order valence-electron chi connectivity index (χ2n) is 4.83. The highest BCUT2D eigenvalue weighted by molar-refractivity contribution is 5.75. The first kappa shape index (κ1) is 18.4. The average Bonchev–Trinajstić information content (AvgIpc) is 2.39.